The van der Waals surface area contributed by atoms with Crippen LogP contribution in [0, 0.1) is 29.6 Å². The highest BCUT2D eigenvalue weighted by molar-refractivity contribution is 5.11. The number of nitrogens with two attached hydrogens (primary N) is 1. The monoisotopic (exact) mass is 253 g/mol. The Kier molecular flexibility index (Phi) is 3.57. The van der Waals surface area contributed by atoms with E-state index in [9.17, 15) is 5.11 Å². The van der Waals surface area contributed by atoms with Crippen LogP contribution in [0.2, 0.25) is 0 Å². The normalized spacial score (nSPS) is 46.0. The van der Waals surface area contributed by atoms with Crippen LogP contribution in [0.4, 0.5) is 0 Å². The average molecular weight is 253 g/mol. The Hall–Kier alpha value is -0.0800. The molecule has 2 nitrogen and oxygen atoms in total. The minimum atomic E-state index is -0.346. The molecule has 0 heterocycles. The Morgan fingerprint density at radius 2 is 1.72 bits per heavy atom. The second kappa shape index (κ2) is 4.49. The van der Waals surface area contributed by atoms with Gasteiger partial charge in [0.1, 0.15) is 0 Å². The molecule has 6 atom stereocenters. The molecule has 0 saturated heterocycles. The molecule has 0 bridgehead atoms. The maximum atomic E-state index is 10.3. The van der Waals surface area contributed by atoms with E-state index in [0.717, 1.165) is 12.8 Å². The molecule has 106 valence electrons. The van der Waals surface area contributed by atoms with Crippen molar-refractivity contribution in [1.82, 2.24) is 0 Å². The van der Waals surface area contributed by atoms with Crippen molar-refractivity contribution in [2.45, 2.75) is 71.4 Å². The van der Waals surface area contributed by atoms with Gasteiger partial charge in [-0.15, -0.1) is 0 Å². The van der Waals surface area contributed by atoms with Gasteiger partial charge in [-0.05, 0) is 48.9 Å². The maximum Gasteiger partial charge on any atom is 0.0703 e. The van der Waals surface area contributed by atoms with Gasteiger partial charge in [0, 0.05) is 5.54 Å². The lowest BCUT2D eigenvalue weighted by molar-refractivity contribution is 0.0680. The van der Waals surface area contributed by atoms with Gasteiger partial charge >= 0.3 is 0 Å². The largest absolute Gasteiger partial charge is 0.389 e. The first-order chi connectivity index (χ1) is 8.21. The van der Waals surface area contributed by atoms with Gasteiger partial charge in [-0.1, -0.05) is 41.0 Å². The molecule has 3 N–H and O–H groups in total. The van der Waals surface area contributed by atoms with Crippen LogP contribution < -0.4 is 5.73 Å². The summed E-state index contributed by atoms with van der Waals surface area (Å²) >= 11 is 0. The van der Waals surface area contributed by atoms with Crippen molar-refractivity contribution in [2.75, 3.05) is 0 Å². The van der Waals surface area contributed by atoms with E-state index in [1.165, 1.54) is 12.8 Å². The predicted octanol–water partition coefficient (Wildman–Crippen LogP) is 3.18. The molecule has 0 aromatic rings. The smallest absolute Gasteiger partial charge is 0.0703 e. The summed E-state index contributed by atoms with van der Waals surface area (Å²) in [5.41, 5.74) is 6.17. The van der Waals surface area contributed by atoms with Crippen molar-refractivity contribution in [3.05, 3.63) is 0 Å². The molecule has 2 rings (SSSR count). The lowest BCUT2D eigenvalue weighted by atomic mass is 9.87. The topological polar surface area (TPSA) is 46.2 Å². The van der Waals surface area contributed by atoms with Gasteiger partial charge < -0.3 is 10.8 Å². The molecule has 0 aromatic heterocycles. The molecule has 2 saturated carbocycles. The van der Waals surface area contributed by atoms with Crippen LogP contribution >= 0.6 is 0 Å². The Labute approximate surface area is 112 Å². The van der Waals surface area contributed by atoms with Gasteiger partial charge in [-0.25, -0.2) is 0 Å². The summed E-state index contributed by atoms with van der Waals surface area (Å²) in [6.07, 6.45) is 4.55. The second-order valence-electron chi connectivity index (χ2n) is 7.63. The lowest BCUT2D eigenvalue weighted by Gasteiger charge is -2.23. The molecule has 0 spiro atoms. The van der Waals surface area contributed by atoms with E-state index in [1.807, 2.05) is 0 Å². The maximum absolute atomic E-state index is 10.3. The number of hydrogen-bond donors (Lipinski definition) is 2. The van der Waals surface area contributed by atoms with Crippen molar-refractivity contribution in [2.24, 2.45) is 35.3 Å². The zero-order valence-corrected chi connectivity index (χ0v) is 12.7. The molecule has 2 heteroatoms. The van der Waals surface area contributed by atoms with E-state index >= 15 is 0 Å². The second-order valence-corrected chi connectivity index (χ2v) is 7.63. The van der Waals surface area contributed by atoms with Gasteiger partial charge in [0.05, 0.1) is 5.60 Å². The third-order valence-corrected chi connectivity index (χ3v) is 6.10. The minimum absolute atomic E-state index is 0.104. The molecule has 6 unspecified atom stereocenters. The van der Waals surface area contributed by atoms with Gasteiger partial charge in [0.2, 0.25) is 0 Å². The van der Waals surface area contributed by atoms with Crippen LogP contribution in [0.3, 0.4) is 0 Å². The fraction of sp³-hybridized carbons (Fsp3) is 1.00. The third-order valence-electron chi connectivity index (χ3n) is 6.10. The first kappa shape index (κ1) is 14.3. The molecule has 2 aliphatic carbocycles. The van der Waals surface area contributed by atoms with E-state index in [0.29, 0.717) is 29.6 Å². The molecule has 2 aliphatic rings. The van der Waals surface area contributed by atoms with E-state index in [2.05, 4.69) is 34.6 Å². The molecule has 0 aliphatic heterocycles. The van der Waals surface area contributed by atoms with E-state index in [4.69, 9.17) is 5.73 Å². The average Bonchev–Trinajstić information content (AvgIpc) is 3.14. The molecule has 0 aromatic carbocycles. The fourth-order valence-electron chi connectivity index (χ4n) is 3.80. The van der Waals surface area contributed by atoms with Crippen LogP contribution in [0.25, 0.3) is 0 Å². The third kappa shape index (κ3) is 2.34. The first-order valence-corrected chi connectivity index (χ1v) is 7.73. The Morgan fingerprint density at radius 1 is 1.17 bits per heavy atom. The molecule has 0 amide bonds. The van der Waals surface area contributed by atoms with Crippen LogP contribution in [-0.2, 0) is 0 Å². The van der Waals surface area contributed by atoms with Crippen molar-refractivity contribution in [3.63, 3.8) is 0 Å². The summed E-state index contributed by atoms with van der Waals surface area (Å²) < 4.78 is 0. The number of rotatable bonds is 6. The van der Waals surface area contributed by atoms with E-state index in [1.54, 1.807) is 0 Å². The Morgan fingerprint density at radius 3 is 2.11 bits per heavy atom. The predicted molar refractivity (Wildman–Crippen MR) is 76.2 cm³/mol. The first-order valence-electron chi connectivity index (χ1n) is 7.73. The zero-order valence-electron chi connectivity index (χ0n) is 12.7. The summed E-state index contributed by atoms with van der Waals surface area (Å²) in [6, 6.07) is 0. The number of aliphatic hydroxyl groups is 1. The van der Waals surface area contributed by atoms with Gasteiger partial charge in [0.15, 0.2) is 0 Å². The van der Waals surface area contributed by atoms with Crippen molar-refractivity contribution < 1.29 is 5.11 Å². The minimum Gasteiger partial charge on any atom is -0.389 e. The summed E-state index contributed by atoms with van der Waals surface area (Å²) in [4.78, 5) is 0. The highest BCUT2D eigenvalue weighted by Gasteiger charge is 2.56. The highest BCUT2D eigenvalue weighted by atomic mass is 16.3. The molecule has 0 radical (unpaired) electrons. The molecular weight excluding hydrogens is 222 g/mol. The standard InChI is InChI=1S/C16H31NO/c1-10(2)15(17)9-14(15)11(3)6-7-12(4)16(18)8-13(16)5/h10-14,18H,6-9,17H2,1-5H3. The van der Waals surface area contributed by atoms with Crippen LogP contribution in [0.1, 0.15) is 60.3 Å². The summed E-state index contributed by atoms with van der Waals surface area (Å²) in [5.74, 6) is 2.96. The van der Waals surface area contributed by atoms with Crippen molar-refractivity contribution in [3.8, 4) is 0 Å². The lowest BCUT2D eigenvalue weighted by Crippen LogP contribution is -2.33. The highest BCUT2D eigenvalue weighted by Crippen LogP contribution is 2.54. The van der Waals surface area contributed by atoms with Gasteiger partial charge in [-0.2, -0.15) is 0 Å². The summed E-state index contributed by atoms with van der Waals surface area (Å²) in [7, 11) is 0. The van der Waals surface area contributed by atoms with Gasteiger partial charge in [0.25, 0.3) is 0 Å². The van der Waals surface area contributed by atoms with E-state index in [-0.39, 0.29) is 11.1 Å². The van der Waals surface area contributed by atoms with Gasteiger partial charge in [-0.3, -0.25) is 0 Å². The van der Waals surface area contributed by atoms with Crippen molar-refractivity contribution in [1.29, 1.82) is 0 Å². The molecular formula is C16H31NO. The van der Waals surface area contributed by atoms with Crippen LogP contribution in [0.15, 0.2) is 0 Å². The summed E-state index contributed by atoms with van der Waals surface area (Å²) in [6.45, 7) is 11.2. The number of hydrogen-bond acceptors (Lipinski definition) is 2. The fourth-order valence-corrected chi connectivity index (χ4v) is 3.80. The van der Waals surface area contributed by atoms with E-state index < -0.39 is 0 Å². The molecule has 2 fully saturated rings. The van der Waals surface area contributed by atoms with Crippen LogP contribution in [0.5, 0.6) is 0 Å². The van der Waals surface area contributed by atoms with Crippen molar-refractivity contribution >= 4 is 0 Å². The van der Waals surface area contributed by atoms with Crippen LogP contribution in [-0.4, -0.2) is 16.2 Å². The molecule has 18 heavy (non-hydrogen) atoms. The Bertz CT molecular complexity index is 316. The zero-order chi connectivity index (χ0) is 13.7. The quantitative estimate of drug-likeness (QED) is 0.763. The Balaban J connectivity index is 1.75. The SMILES string of the molecule is CC(CCC(C)C1(O)CC1C)C1CC1(N)C(C)C. The summed E-state index contributed by atoms with van der Waals surface area (Å²) in [5, 5.41) is 10.3.